The van der Waals surface area contributed by atoms with E-state index in [2.05, 4.69) is 6.07 Å². The third kappa shape index (κ3) is 2.77. The second-order valence-electron chi connectivity index (χ2n) is 6.49. The predicted octanol–water partition coefficient (Wildman–Crippen LogP) is 4.86. The summed E-state index contributed by atoms with van der Waals surface area (Å²) < 4.78 is 21.5. The molecular formula is C23H16O5. The maximum absolute atomic E-state index is 12.2. The fourth-order valence-corrected chi connectivity index (χ4v) is 3.44. The zero-order valence-electron chi connectivity index (χ0n) is 15.1. The smallest absolute Gasteiger partial charge is 0.336 e. The van der Waals surface area contributed by atoms with Gasteiger partial charge in [-0.15, -0.1) is 0 Å². The average Bonchev–Trinajstić information content (AvgIpc) is 3.19. The molecule has 1 aliphatic heterocycles. The van der Waals surface area contributed by atoms with Crippen molar-refractivity contribution < 1.29 is 18.6 Å². The number of hydrogen-bond acceptors (Lipinski definition) is 5. The van der Waals surface area contributed by atoms with Crippen LogP contribution in [0.25, 0.3) is 33.2 Å². The molecule has 0 fully saturated rings. The van der Waals surface area contributed by atoms with Gasteiger partial charge in [0.25, 0.3) is 0 Å². The third-order valence-corrected chi connectivity index (χ3v) is 4.83. The van der Waals surface area contributed by atoms with Crippen LogP contribution in [0.4, 0.5) is 0 Å². The summed E-state index contributed by atoms with van der Waals surface area (Å²) in [6.07, 6.45) is 0. The van der Waals surface area contributed by atoms with Crippen molar-refractivity contribution in [3.63, 3.8) is 0 Å². The standard InChI is InChI=1S/C23H16O5/c1-25-17-7-5-14(6-8-17)15-3-2-4-16(9-15)18-11-23(24)28-20-12-22-21(10-19(18)20)26-13-27-22/h2-12H,13H2,1H3. The molecule has 138 valence electrons. The molecule has 0 aliphatic carbocycles. The van der Waals surface area contributed by atoms with E-state index in [9.17, 15) is 4.79 Å². The molecule has 0 saturated heterocycles. The Hall–Kier alpha value is -3.73. The van der Waals surface area contributed by atoms with Gasteiger partial charge in [0.2, 0.25) is 6.79 Å². The van der Waals surface area contributed by atoms with Crippen LogP contribution in [-0.4, -0.2) is 13.9 Å². The minimum atomic E-state index is -0.406. The molecule has 0 saturated carbocycles. The lowest BCUT2D eigenvalue weighted by atomic mass is 9.97. The molecule has 4 aromatic rings. The second-order valence-corrected chi connectivity index (χ2v) is 6.49. The van der Waals surface area contributed by atoms with Crippen LogP contribution in [-0.2, 0) is 0 Å². The van der Waals surface area contributed by atoms with Gasteiger partial charge in [0.05, 0.1) is 7.11 Å². The van der Waals surface area contributed by atoms with Crippen molar-refractivity contribution in [2.24, 2.45) is 0 Å². The molecule has 28 heavy (non-hydrogen) atoms. The van der Waals surface area contributed by atoms with Gasteiger partial charge in [-0.25, -0.2) is 4.79 Å². The molecule has 0 amide bonds. The lowest BCUT2D eigenvalue weighted by Gasteiger charge is -2.09. The van der Waals surface area contributed by atoms with Gasteiger partial charge in [0, 0.05) is 17.5 Å². The van der Waals surface area contributed by atoms with Crippen LogP contribution in [0.1, 0.15) is 0 Å². The van der Waals surface area contributed by atoms with Gasteiger partial charge in [-0.05, 0) is 46.5 Å². The molecule has 2 heterocycles. The molecule has 0 spiro atoms. The zero-order chi connectivity index (χ0) is 19.1. The van der Waals surface area contributed by atoms with E-state index in [4.69, 9.17) is 18.6 Å². The highest BCUT2D eigenvalue weighted by Crippen LogP contribution is 2.39. The molecule has 3 aromatic carbocycles. The van der Waals surface area contributed by atoms with Gasteiger partial charge in [-0.3, -0.25) is 0 Å². The average molecular weight is 372 g/mol. The Kier molecular flexibility index (Phi) is 3.79. The highest BCUT2D eigenvalue weighted by atomic mass is 16.7. The summed E-state index contributed by atoms with van der Waals surface area (Å²) in [5, 5.41) is 0.802. The maximum Gasteiger partial charge on any atom is 0.336 e. The van der Waals surface area contributed by atoms with E-state index in [1.165, 1.54) is 6.07 Å². The van der Waals surface area contributed by atoms with Gasteiger partial charge < -0.3 is 18.6 Å². The van der Waals surface area contributed by atoms with E-state index in [0.717, 1.165) is 33.4 Å². The van der Waals surface area contributed by atoms with Gasteiger partial charge in [-0.2, -0.15) is 0 Å². The lowest BCUT2D eigenvalue weighted by molar-refractivity contribution is 0.174. The highest BCUT2D eigenvalue weighted by Gasteiger charge is 2.18. The Balaban J connectivity index is 1.67. The molecule has 5 nitrogen and oxygen atoms in total. The Bertz CT molecular complexity index is 1240. The third-order valence-electron chi connectivity index (χ3n) is 4.83. The van der Waals surface area contributed by atoms with Crippen molar-refractivity contribution >= 4 is 11.0 Å². The summed E-state index contributed by atoms with van der Waals surface area (Å²) in [5.74, 6) is 2.04. The van der Waals surface area contributed by atoms with E-state index in [-0.39, 0.29) is 6.79 Å². The van der Waals surface area contributed by atoms with E-state index >= 15 is 0 Å². The molecular weight excluding hydrogens is 356 g/mol. The normalized spacial score (nSPS) is 12.3. The van der Waals surface area contributed by atoms with Crippen LogP contribution in [0.5, 0.6) is 17.2 Å². The summed E-state index contributed by atoms with van der Waals surface area (Å²) in [7, 11) is 1.65. The fourth-order valence-electron chi connectivity index (χ4n) is 3.44. The number of ether oxygens (including phenoxy) is 3. The fraction of sp³-hybridized carbons (Fsp3) is 0.0870. The summed E-state index contributed by atoms with van der Waals surface area (Å²) in [5.41, 5.74) is 3.89. The van der Waals surface area contributed by atoms with Crippen molar-refractivity contribution in [2.45, 2.75) is 0 Å². The molecule has 1 aromatic heterocycles. The SMILES string of the molecule is COc1ccc(-c2cccc(-c3cc(=O)oc4cc5c(cc34)OCO5)c2)cc1. The van der Waals surface area contributed by atoms with Crippen molar-refractivity contribution in [1.82, 2.24) is 0 Å². The zero-order valence-corrected chi connectivity index (χ0v) is 15.1. The Morgan fingerprint density at radius 1 is 0.821 bits per heavy atom. The number of rotatable bonds is 3. The quantitative estimate of drug-likeness (QED) is 0.481. The highest BCUT2D eigenvalue weighted by molar-refractivity contribution is 5.96. The predicted molar refractivity (Wildman–Crippen MR) is 106 cm³/mol. The monoisotopic (exact) mass is 372 g/mol. The summed E-state index contributed by atoms with van der Waals surface area (Å²) in [6, 6.07) is 21.0. The molecule has 0 bridgehead atoms. The maximum atomic E-state index is 12.2. The van der Waals surface area contributed by atoms with Gasteiger partial charge in [-0.1, -0.05) is 30.3 Å². The van der Waals surface area contributed by atoms with E-state index < -0.39 is 5.63 Å². The molecule has 0 unspecified atom stereocenters. The van der Waals surface area contributed by atoms with E-state index in [1.54, 1.807) is 13.2 Å². The molecule has 0 N–H and O–H groups in total. The van der Waals surface area contributed by atoms with Crippen LogP contribution in [0.3, 0.4) is 0 Å². The number of methoxy groups -OCH3 is 1. The van der Waals surface area contributed by atoms with Crippen molar-refractivity contribution in [2.75, 3.05) is 13.9 Å². The van der Waals surface area contributed by atoms with Gasteiger partial charge >= 0.3 is 5.63 Å². The van der Waals surface area contributed by atoms with Crippen molar-refractivity contribution in [1.29, 1.82) is 0 Å². The van der Waals surface area contributed by atoms with Crippen LogP contribution >= 0.6 is 0 Å². The van der Waals surface area contributed by atoms with Crippen LogP contribution in [0.2, 0.25) is 0 Å². The van der Waals surface area contributed by atoms with Gasteiger partial charge in [0.1, 0.15) is 11.3 Å². The molecule has 0 atom stereocenters. The number of benzene rings is 3. The first kappa shape index (κ1) is 16.4. The first-order valence-electron chi connectivity index (χ1n) is 8.84. The Labute approximate surface area is 160 Å². The molecule has 5 heteroatoms. The topological polar surface area (TPSA) is 57.9 Å². The van der Waals surface area contributed by atoms with Gasteiger partial charge in [0.15, 0.2) is 11.5 Å². The van der Waals surface area contributed by atoms with Crippen molar-refractivity contribution in [3.8, 4) is 39.5 Å². The van der Waals surface area contributed by atoms with Crippen LogP contribution < -0.4 is 19.8 Å². The molecule has 5 rings (SSSR count). The molecule has 1 aliphatic rings. The van der Waals surface area contributed by atoms with E-state index in [1.807, 2.05) is 48.5 Å². The van der Waals surface area contributed by atoms with Crippen molar-refractivity contribution in [3.05, 3.63) is 77.2 Å². The van der Waals surface area contributed by atoms with E-state index in [0.29, 0.717) is 17.1 Å². The first-order chi connectivity index (χ1) is 13.7. The first-order valence-corrected chi connectivity index (χ1v) is 8.84. The molecule has 0 radical (unpaired) electrons. The second kappa shape index (κ2) is 6.46. The Morgan fingerprint density at radius 2 is 1.57 bits per heavy atom. The van der Waals surface area contributed by atoms with Crippen LogP contribution in [0, 0.1) is 0 Å². The summed E-state index contributed by atoms with van der Waals surface area (Å²) in [6.45, 7) is 0.165. The largest absolute Gasteiger partial charge is 0.497 e. The summed E-state index contributed by atoms with van der Waals surface area (Å²) >= 11 is 0. The number of hydrogen-bond donors (Lipinski definition) is 0. The van der Waals surface area contributed by atoms with Crippen LogP contribution in [0.15, 0.2) is 75.9 Å². The number of fused-ring (bicyclic) bond motifs is 2. The minimum absolute atomic E-state index is 0.165. The summed E-state index contributed by atoms with van der Waals surface area (Å²) in [4.78, 5) is 12.2. The minimum Gasteiger partial charge on any atom is -0.497 e. The lowest BCUT2D eigenvalue weighted by Crippen LogP contribution is -1.98. The Morgan fingerprint density at radius 3 is 2.36 bits per heavy atom.